The number of hydrogen-bond donors (Lipinski definition) is 0. The van der Waals surface area contributed by atoms with Crippen LogP contribution in [0.1, 0.15) is 5.56 Å². The van der Waals surface area contributed by atoms with Crippen molar-refractivity contribution >= 4 is 38.4 Å². The first-order valence-electron chi connectivity index (χ1n) is 6.37. The summed E-state index contributed by atoms with van der Waals surface area (Å²) in [4.78, 5) is 9.05. The summed E-state index contributed by atoms with van der Waals surface area (Å²) >= 11 is 9.88. The largest absolute Gasteiger partial charge is 0.496 e. The molecule has 0 aliphatic carbocycles. The molecule has 3 rings (SSSR count). The van der Waals surface area contributed by atoms with Crippen molar-refractivity contribution in [2.24, 2.45) is 0 Å². The van der Waals surface area contributed by atoms with Crippen LogP contribution in [0.15, 0.2) is 40.9 Å². The summed E-state index contributed by atoms with van der Waals surface area (Å²) in [6, 6.07) is 11.6. The molecule has 0 saturated heterocycles. The normalized spacial score (nSPS) is 10.9. The topological polar surface area (TPSA) is 35.0 Å². The summed E-state index contributed by atoms with van der Waals surface area (Å²) in [5, 5.41) is 1.27. The standard InChI is InChI=1S/C16H12BrClN2O/c1-9-7-11-14(12(17)8-9)19-16(20-15(11)18)10-5-3-4-6-13(10)21-2/h3-8H,1-2H3. The van der Waals surface area contributed by atoms with Crippen LogP contribution in [-0.4, -0.2) is 17.1 Å². The second kappa shape index (κ2) is 5.62. The lowest BCUT2D eigenvalue weighted by Crippen LogP contribution is -1.95. The SMILES string of the molecule is COc1ccccc1-c1nc(Cl)c2cc(C)cc(Br)c2n1. The molecule has 5 heteroatoms. The number of rotatable bonds is 2. The van der Waals surface area contributed by atoms with E-state index in [4.69, 9.17) is 16.3 Å². The molecule has 0 amide bonds. The zero-order valence-electron chi connectivity index (χ0n) is 11.5. The number of aromatic nitrogens is 2. The number of benzene rings is 2. The van der Waals surface area contributed by atoms with E-state index in [0.29, 0.717) is 11.0 Å². The highest BCUT2D eigenvalue weighted by atomic mass is 79.9. The van der Waals surface area contributed by atoms with Crippen LogP contribution in [0, 0.1) is 6.92 Å². The van der Waals surface area contributed by atoms with Gasteiger partial charge in [0.15, 0.2) is 5.82 Å². The van der Waals surface area contributed by atoms with Crippen molar-refractivity contribution in [2.45, 2.75) is 6.92 Å². The lowest BCUT2D eigenvalue weighted by molar-refractivity contribution is 0.416. The van der Waals surface area contributed by atoms with E-state index in [2.05, 4.69) is 25.9 Å². The number of para-hydroxylation sites is 1. The molecule has 1 aromatic heterocycles. The maximum absolute atomic E-state index is 6.34. The number of nitrogens with zero attached hydrogens (tertiary/aromatic N) is 2. The van der Waals surface area contributed by atoms with Crippen LogP contribution in [0.5, 0.6) is 5.75 Å². The summed E-state index contributed by atoms with van der Waals surface area (Å²) in [6.07, 6.45) is 0. The smallest absolute Gasteiger partial charge is 0.165 e. The first-order chi connectivity index (χ1) is 10.1. The fraction of sp³-hybridized carbons (Fsp3) is 0.125. The van der Waals surface area contributed by atoms with Crippen LogP contribution in [0.3, 0.4) is 0 Å². The molecule has 0 atom stereocenters. The van der Waals surface area contributed by atoms with E-state index in [1.807, 2.05) is 43.3 Å². The molecule has 0 fully saturated rings. The maximum atomic E-state index is 6.34. The predicted octanol–water partition coefficient (Wildman–Crippen LogP) is 5.03. The number of aryl methyl sites for hydroxylation is 1. The lowest BCUT2D eigenvalue weighted by Gasteiger charge is -2.10. The third-order valence-electron chi connectivity index (χ3n) is 3.20. The fourth-order valence-electron chi connectivity index (χ4n) is 2.24. The summed E-state index contributed by atoms with van der Waals surface area (Å²) < 4.78 is 6.27. The first-order valence-corrected chi connectivity index (χ1v) is 7.54. The zero-order valence-corrected chi connectivity index (χ0v) is 13.9. The average Bonchev–Trinajstić information content (AvgIpc) is 2.48. The quantitative estimate of drug-likeness (QED) is 0.599. The van der Waals surface area contributed by atoms with Crippen LogP contribution in [0.2, 0.25) is 5.15 Å². The van der Waals surface area contributed by atoms with Gasteiger partial charge in [0, 0.05) is 9.86 Å². The molecular weight excluding hydrogens is 352 g/mol. The second-order valence-corrected chi connectivity index (χ2v) is 5.89. The van der Waals surface area contributed by atoms with E-state index >= 15 is 0 Å². The monoisotopic (exact) mass is 362 g/mol. The Morgan fingerprint density at radius 3 is 2.67 bits per heavy atom. The number of hydrogen-bond acceptors (Lipinski definition) is 3. The Bertz CT molecular complexity index is 836. The Kier molecular flexibility index (Phi) is 3.83. The van der Waals surface area contributed by atoms with E-state index in [1.54, 1.807) is 7.11 Å². The van der Waals surface area contributed by atoms with Crippen molar-refractivity contribution in [3.05, 3.63) is 51.6 Å². The predicted molar refractivity (Wildman–Crippen MR) is 89.0 cm³/mol. The molecule has 0 N–H and O–H groups in total. The Hall–Kier alpha value is -1.65. The molecule has 21 heavy (non-hydrogen) atoms. The molecule has 1 heterocycles. The van der Waals surface area contributed by atoms with Gasteiger partial charge in [0.1, 0.15) is 10.9 Å². The van der Waals surface area contributed by atoms with Crippen LogP contribution in [-0.2, 0) is 0 Å². The van der Waals surface area contributed by atoms with Crippen LogP contribution < -0.4 is 4.74 Å². The van der Waals surface area contributed by atoms with Gasteiger partial charge in [-0.15, -0.1) is 0 Å². The van der Waals surface area contributed by atoms with Gasteiger partial charge in [-0.2, -0.15) is 0 Å². The van der Waals surface area contributed by atoms with Crippen molar-refractivity contribution in [1.29, 1.82) is 0 Å². The Balaban J connectivity index is 2.30. The summed E-state index contributed by atoms with van der Waals surface area (Å²) in [5.74, 6) is 1.27. The number of ether oxygens (including phenoxy) is 1. The van der Waals surface area contributed by atoms with E-state index in [0.717, 1.165) is 32.3 Å². The van der Waals surface area contributed by atoms with Gasteiger partial charge in [-0.25, -0.2) is 9.97 Å². The Labute approximate surface area is 136 Å². The van der Waals surface area contributed by atoms with Crippen LogP contribution in [0.4, 0.5) is 0 Å². The fourth-order valence-corrected chi connectivity index (χ4v) is 3.13. The molecular formula is C16H12BrClN2O. The van der Waals surface area contributed by atoms with E-state index in [1.165, 1.54) is 0 Å². The van der Waals surface area contributed by atoms with Gasteiger partial charge in [-0.1, -0.05) is 23.7 Å². The van der Waals surface area contributed by atoms with Gasteiger partial charge in [0.05, 0.1) is 18.2 Å². The summed E-state index contributed by atoms with van der Waals surface area (Å²) in [5.41, 5.74) is 2.71. The van der Waals surface area contributed by atoms with Crippen molar-refractivity contribution in [3.8, 4) is 17.1 Å². The minimum atomic E-state index is 0.435. The molecule has 0 spiro atoms. The molecule has 3 aromatic rings. The van der Waals surface area contributed by atoms with Crippen LogP contribution in [0.25, 0.3) is 22.3 Å². The van der Waals surface area contributed by atoms with Gasteiger partial charge in [0.25, 0.3) is 0 Å². The highest BCUT2D eigenvalue weighted by Crippen LogP contribution is 2.33. The summed E-state index contributed by atoms with van der Waals surface area (Å²) in [6.45, 7) is 2.01. The van der Waals surface area contributed by atoms with Gasteiger partial charge in [0.2, 0.25) is 0 Å². The average molecular weight is 364 g/mol. The maximum Gasteiger partial charge on any atom is 0.165 e. The zero-order chi connectivity index (χ0) is 15.0. The van der Waals surface area contributed by atoms with Gasteiger partial charge in [-0.3, -0.25) is 0 Å². The number of halogens is 2. The highest BCUT2D eigenvalue weighted by molar-refractivity contribution is 9.10. The minimum absolute atomic E-state index is 0.435. The van der Waals surface area contributed by atoms with Crippen LogP contribution >= 0.6 is 27.5 Å². The van der Waals surface area contributed by atoms with Gasteiger partial charge < -0.3 is 4.74 Å². The molecule has 2 aromatic carbocycles. The third kappa shape index (κ3) is 2.61. The first kappa shape index (κ1) is 14.3. The molecule has 0 unspecified atom stereocenters. The Morgan fingerprint density at radius 1 is 1.14 bits per heavy atom. The molecule has 3 nitrogen and oxygen atoms in total. The van der Waals surface area contributed by atoms with E-state index in [-0.39, 0.29) is 0 Å². The highest BCUT2D eigenvalue weighted by Gasteiger charge is 2.13. The van der Waals surface area contributed by atoms with Gasteiger partial charge in [-0.05, 0) is 52.7 Å². The molecule has 0 saturated carbocycles. The Morgan fingerprint density at radius 2 is 1.90 bits per heavy atom. The molecule has 0 aliphatic heterocycles. The van der Waals surface area contributed by atoms with Crippen molar-refractivity contribution in [3.63, 3.8) is 0 Å². The van der Waals surface area contributed by atoms with E-state index in [9.17, 15) is 0 Å². The van der Waals surface area contributed by atoms with Crippen molar-refractivity contribution in [2.75, 3.05) is 7.11 Å². The summed E-state index contributed by atoms with van der Waals surface area (Å²) in [7, 11) is 1.63. The van der Waals surface area contributed by atoms with Gasteiger partial charge >= 0.3 is 0 Å². The third-order valence-corrected chi connectivity index (χ3v) is 4.09. The van der Waals surface area contributed by atoms with Crippen molar-refractivity contribution in [1.82, 2.24) is 9.97 Å². The minimum Gasteiger partial charge on any atom is -0.496 e. The lowest BCUT2D eigenvalue weighted by atomic mass is 10.1. The molecule has 106 valence electrons. The molecule has 0 bridgehead atoms. The number of methoxy groups -OCH3 is 1. The molecule has 0 aliphatic rings. The number of fused-ring (bicyclic) bond motifs is 1. The van der Waals surface area contributed by atoms with Crippen molar-refractivity contribution < 1.29 is 4.74 Å². The molecule has 0 radical (unpaired) electrons. The second-order valence-electron chi connectivity index (χ2n) is 4.68. The van der Waals surface area contributed by atoms with E-state index < -0.39 is 0 Å².